The molecule has 1 aromatic carbocycles. The van der Waals surface area contributed by atoms with Gasteiger partial charge in [0.2, 0.25) is 0 Å². The van der Waals surface area contributed by atoms with Crippen molar-refractivity contribution in [1.82, 2.24) is 4.98 Å². The van der Waals surface area contributed by atoms with E-state index in [4.69, 9.17) is 17.3 Å². The smallest absolute Gasteiger partial charge is 0.353 e. The zero-order valence-corrected chi connectivity index (χ0v) is 14.3. The van der Waals surface area contributed by atoms with Crippen LogP contribution in [0.1, 0.15) is 24.0 Å². The number of benzene rings is 1. The fraction of sp³-hybridized carbons (Fsp3) is 0.294. The quantitative estimate of drug-likeness (QED) is 0.542. The van der Waals surface area contributed by atoms with Gasteiger partial charge in [0.1, 0.15) is 0 Å². The normalized spacial score (nSPS) is 12.2. The Morgan fingerprint density at radius 2 is 1.96 bits per heavy atom. The number of H-pyrrole nitrogens is 1. The Labute approximate surface area is 146 Å². The number of rotatable bonds is 5. The van der Waals surface area contributed by atoms with E-state index < -0.39 is 11.7 Å². The summed E-state index contributed by atoms with van der Waals surface area (Å²) in [5.41, 5.74) is 6.46. The SMILES string of the molecule is NCCCCc1c(-c2cccs2)[nH]c2c(C(F)(F)F)ccc(Cl)c12. The van der Waals surface area contributed by atoms with Crippen LogP contribution < -0.4 is 5.73 Å². The van der Waals surface area contributed by atoms with Crippen molar-refractivity contribution >= 4 is 33.8 Å². The van der Waals surface area contributed by atoms with Crippen molar-refractivity contribution in [2.45, 2.75) is 25.4 Å². The first kappa shape index (κ1) is 17.3. The van der Waals surface area contributed by atoms with Gasteiger partial charge in [-0.25, -0.2) is 0 Å². The van der Waals surface area contributed by atoms with Crippen molar-refractivity contribution in [1.29, 1.82) is 0 Å². The van der Waals surface area contributed by atoms with Crippen molar-refractivity contribution in [2.24, 2.45) is 5.73 Å². The van der Waals surface area contributed by atoms with Crippen LogP contribution in [0.2, 0.25) is 5.02 Å². The lowest BCUT2D eigenvalue weighted by molar-refractivity contribution is -0.136. The predicted octanol–water partition coefficient (Wildman–Crippen LogP) is 5.85. The van der Waals surface area contributed by atoms with E-state index in [2.05, 4.69) is 4.98 Å². The number of nitrogens with two attached hydrogens (primary N) is 1. The van der Waals surface area contributed by atoms with Crippen LogP contribution in [-0.2, 0) is 12.6 Å². The molecule has 0 amide bonds. The fourth-order valence-electron chi connectivity index (χ4n) is 2.89. The number of aromatic amines is 1. The van der Waals surface area contributed by atoms with Gasteiger partial charge in [0.25, 0.3) is 0 Å². The maximum absolute atomic E-state index is 13.4. The third kappa shape index (κ3) is 3.18. The molecule has 3 N–H and O–H groups in total. The van der Waals surface area contributed by atoms with E-state index in [9.17, 15) is 13.2 Å². The lowest BCUT2D eigenvalue weighted by Crippen LogP contribution is -2.05. The van der Waals surface area contributed by atoms with Crippen molar-refractivity contribution in [3.63, 3.8) is 0 Å². The van der Waals surface area contributed by atoms with Gasteiger partial charge in [0, 0.05) is 5.39 Å². The topological polar surface area (TPSA) is 41.8 Å². The van der Waals surface area contributed by atoms with Gasteiger partial charge in [-0.05, 0) is 54.9 Å². The summed E-state index contributed by atoms with van der Waals surface area (Å²) >= 11 is 7.75. The van der Waals surface area contributed by atoms with Gasteiger partial charge >= 0.3 is 6.18 Å². The molecule has 128 valence electrons. The maximum atomic E-state index is 13.4. The number of thiophene rings is 1. The Bertz CT molecular complexity index is 838. The second-order valence-electron chi connectivity index (χ2n) is 5.54. The summed E-state index contributed by atoms with van der Waals surface area (Å²) in [5, 5.41) is 2.70. The molecule has 0 atom stereocenters. The van der Waals surface area contributed by atoms with E-state index >= 15 is 0 Å². The summed E-state index contributed by atoms with van der Waals surface area (Å²) in [6.07, 6.45) is -2.19. The van der Waals surface area contributed by atoms with Gasteiger partial charge in [0.05, 0.1) is 26.7 Å². The molecule has 0 fully saturated rings. The number of hydrogen-bond donors (Lipinski definition) is 2. The minimum Gasteiger partial charge on any atom is -0.353 e. The molecule has 0 aliphatic heterocycles. The molecular weight excluding hydrogens is 357 g/mol. The van der Waals surface area contributed by atoms with Gasteiger partial charge in [-0.2, -0.15) is 13.2 Å². The highest BCUT2D eigenvalue weighted by Gasteiger charge is 2.34. The molecule has 0 aliphatic rings. The monoisotopic (exact) mass is 372 g/mol. The Balaban J connectivity index is 2.25. The number of aromatic nitrogens is 1. The number of halogens is 4. The van der Waals surface area contributed by atoms with Crippen LogP contribution in [0.5, 0.6) is 0 Å². The number of nitrogens with one attached hydrogen (secondary N) is 1. The predicted molar refractivity (Wildman–Crippen MR) is 93.6 cm³/mol. The molecule has 2 heterocycles. The first-order chi connectivity index (χ1) is 11.4. The first-order valence-electron chi connectivity index (χ1n) is 7.57. The molecule has 24 heavy (non-hydrogen) atoms. The number of alkyl halides is 3. The summed E-state index contributed by atoms with van der Waals surface area (Å²) in [6.45, 7) is 0.554. The molecule has 0 saturated heterocycles. The van der Waals surface area contributed by atoms with Crippen LogP contribution in [0.4, 0.5) is 13.2 Å². The first-order valence-corrected chi connectivity index (χ1v) is 8.83. The van der Waals surface area contributed by atoms with Crippen LogP contribution in [0.25, 0.3) is 21.5 Å². The van der Waals surface area contributed by atoms with Gasteiger partial charge in [-0.3, -0.25) is 0 Å². The Hall–Kier alpha value is -1.50. The van der Waals surface area contributed by atoms with Crippen molar-refractivity contribution in [3.05, 3.63) is 45.8 Å². The summed E-state index contributed by atoms with van der Waals surface area (Å²) < 4.78 is 40.1. The molecule has 0 aliphatic carbocycles. The van der Waals surface area contributed by atoms with Gasteiger partial charge in [0.15, 0.2) is 0 Å². The second-order valence-corrected chi connectivity index (χ2v) is 6.90. The van der Waals surface area contributed by atoms with Crippen LogP contribution in [0.15, 0.2) is 29.6 Å². The standard InChI is InChI=1S/C17H16ClF3N2S/c18-12-7-6-11(17(19,20)21)16-14(12)10(4-1-2-8-22)15(23-16)13-5-3-9-24-13/h3,5-7,9,23H,1-2,4,8,22H2. The summed E-state index contributed by atoms with van der Waals surface area (Å²) in [5.74, 6) is 0. The van der Waals surface area contributed by atoms with Crippen LogP contribution in [-0.4, -0.2) is 11.5 Å². The van der Waals surface area contributed by atoms with Crippen molar-refractivity contribution in [3.8, 4) is 10.6 Å². The molecule has 0 radical (unpaired) electrons. The average Bonchev–Trinajstić information content (AvgIpc) is 3.14. The minimum atomic E-state index is -4.44. The summed E-state index contributed by atoms with van der Waals surface area (Å²) in [4.78, 5) is 3.89. The second kappa shape index (κ2) is 6.78. The number of aryl methyl sites for hydroxylation is 1. The molecule has 0 spiro atoms. The highest BCUT2D eigenvalue weighted by atomic mass is 35.5. The summed E-state index contributed by atoms with van der Waals surface area (Å²) in [6, 6.07) is 6.12. The molecule has 0 unspecified atom stereocenters. The molecule has 3 aromatic rings. The van der Waals surface area contributed by atoms with Crippen LogP contribution in [0, 0.1) is 0 Å². The molecule has 2 nitrogen and oxygen atoms in total. The lowest BCUT2D eigenvalue weighted by Gasteiger charge is -2.09. The van der Waals surface area contributed by atoms with E-state index in [1.807, 2.05) is 17.5 Å². The average molecular weight is 373 g/mol. The van der Waals surface area contributed by atoms with E-state index in [0.717, 1.165) is 35.0 Å². The van der Waals surface area contributed by atoms with Crippen LogP contribution >= 0.6 is 22.9 Å². The number of hydrogen-bond acceptors (Lipinski definition) is 2. The Morgan fingerprint density at radius 3 is 2.58 bits per heavy atom. The van der Waals surface area contributed by atoms with Gasteiger partial charge in [-0.15, -0.1) is 11.3 Å². The number of fused-ring (bicyclic) bond motifs is 1. The van der Waals surface area contributed by atoms with E-state index in [-0.39, 0.29) is 5.52 Å². The summed E-state index contributed by atoms with van der Waals surface area (Å²) in [7, 11) is 0. The molecule has 2 aromatic heterocycles. The molecule has 7 heteroatoms. The molecule has 0 bridgehead atoms. The zero-order chi connectivity index (χ0) is 17.3. The molecule has 0 saturated carbocycles. The maximum Gasteiger partial charge on any atom is 0.418 e. The van der Waals surface area contributed by atoms with E-state index in [1.54, 1.807) is 0 Å². The Kier molecular flexibility index (Phi) is 4.90. The highest BCUT2D eigenvalue weighted by molar-refractivity contribution is 7.13. The van der Waals surface area contributed by atoms with Crippen molar-refractivity contribution < 1.29 is 13.2 Å². The number of unbranched alkanes of at least 4 members (excludes halogenated alkanes) is 1. The third-order valence-electron chi connectivity index (χ3n) is 3.96. The lowest BCUT2D eigenvalue weighted by atomic mass is 10.0. The van der Waals surface area contributed by atoms with Gasteiger partial charge in [-0.1, -0.05) is 17.7 Å². The van der Waals surface area contributed by atoms with Crippen LogP contribution in [0.3, 0.4) is 0 Å². The third-order valence-corrected chi connectivity index (χ3v) is 5.16. The van der Waals surface area contributed by atoms with E-state index in [0.29, 0.717) is 23.4 Å². The molecule has 3 rings (SSSR count). The van der Waals surface area contributed by atoms with E-state index in [1.165, 1.54) is 17.4 Å². The zero-order valence-electron chi connectivity index (χ0n) is 12.7. The Morgan fingerprint density at radius 1 is 1.17 bits per heavy atom. The molecular formula is C17H16ClF3N2S. The fourth-order valence-corrected chi connectivity index (χ4v) is 3.92. The van der Waals surface area contributed by atoms with Crippen molar-refractivity contribution in [2.75, 3.05) is 6.54 Å². The van der Waals surface area contributed by atoms with Gasteiger partial charge < -0.3 is 10.7 Å². The largest absolute Gasteiger partial charge is 0.418 e. The minimum absolute atomic E-state index is 0.0566. The highest BCUT2D eigenvalue weighted by Crippen LogP contribution is 2.42.